The fraction of sp³-hybridized carbons (Fsp3) is 0.333. The summed E-state index contributed by atoms with van der Waals surface area (Å²) in [6, 6.07) is 18.1. The van der Waals surface area contributed by atoms with Gasteiger partial charge in [0.2, 0.25) is 0 Å². The van der Waals surface area contributed by atoms with E-state index in [2.05, 4.69) is 17.0 Å². The van der Waals surface area contributed by atoms with E-state index in [1.807, 2.05) is 42.5 Å². The third-order valence-electron chi connectivity index (χ3n) is 3.80. The molecule has 1 aliphatic heterocycles. The summed E-state index contributed by atoms with van der Waals surface area (Å²) >= 11 is 6.01. The Hall–Kier alpha value is -1.55. The number of hydrogen-bond donors (Lipinski definition) is 0. The highest BCUT2D eigenvalue weighted by atomic mass is 35.5. The van der Waals surface area contributed by atoms with Crippen LogP contribution in [0.15, 0.2) is 54.6 Å². The van der Waals surface area contributed by atoms with Crippen LogP contribution >= 0.6 is 11.6 Å². The Morgan fingerprint density at radius 1 is 1.05 bits per heavy atom. The number of nitrogens with zero attached hydrogens (tertiary/aromatic N) is 1. The predicted molar refractivity (Wildman–Crippen MR) is 88.5 cm³/mol. The minimum absolute atomic E-state index is 0.0592. The summed E-state index contributed by atoms with van der Waals surface area (Å²) in [5.74, 6) is 0.866. The molecule has 3 nitrogen and oxygen atoms in total. The Balaban J connectivity index is 1.84. The van der Waals surface area contributed by atoms with Crippen LogP contribution in [0.25, 0.3) is 0 Å². The van der Waals surface area contributed by atoms with Crippen molar-refractivity contribution in [1.82, 2.24) is 4.90 Å². The maximum Gasteiger partial charge on any atom is 0.141 e. The number of para-hydroxylation sites is 1. The summed E-state index contributed by atoms with van der Waals surface area (Å²) in [6.07, 6.45) is -0.0592. The second-order valence-corrected chi connectivity index (χ2v) is 5.89. The molecule has 4 heteroatoms. The van der Waals surface area contributed by atoms with Crippen molar-refractivity contribution >= 4 is 11.6 Å². The quantitative estimate of drug-likeness (QED) is 0.725. The Morgan fingerprint density at radius 3 is 2.32 bits per heavy atom. The van der Waals surface area contributed by atoms with E-state index in [-0.39, 0.29) is 12.1 Å². The predicted octanol–water partition coefficient (Wildman–Crippen LogP) is 3.79. The minimum atomic E-state index is -0.0592. The van der Waals surface area contributed by atoms with Gasteiger partial charge >= 0.3 is 0 Å². The Labute approximate surface area is 136 Å². The van der Waals surface area contributed by atoms with E-state index in [0.29, 0.717) is 6.61 Å². The molecule has 1 saturated heterocycles. The number of ether oxygens (including phenoxy) is 2. The van der Waals surface area contributed by atoms with Crippen molar-refractivity contribution in [2.75, 3.05) is 26.8 Å². The van der Waals surface area contributed by atoms with Gasteiger partial charge in [-0.25, -0.2) is 0 Å². The molecular formula is C18H20ClNO2. The largest absolute Gasteiger partial charge is 0.486 e. The first-order chi connectivity index (χ1) is 10.8. The van der Waals surface area contributed by atoms with Crippen molar-refractivity contribution in [1.29, 1.82) is 0 Å². The van der Waals surface area contributed by atoms with Crippen LogP contribution in [-0.4, -0.2) is 37.8 Å². The first-order valence-electron chi connectivity index (χ1n) is 7.48. The van der Waals surface area contributed by atoms with E-state index in [9.17, 15) is 0 Å². The van der Waals surface area contributed by atoms with Gasteiger partial charge in [-0.15, -0.1) is 0 Å². The molecule has 1 heterocycles. The van der Waals surface area contributed by atoms with Gasteiger partial charge in [0.15, 0.2) is 0 Å². The van der Waals surface area contributed by atoms with Crippen molar-refractivity contribution in [3.63, 3.8) is 0 Å². The van der Waals surface area contributed by atoms with E-state index in [0.717, 1.165) is 23.9 Å². The van der Waals surface area contributed by atoms with Gasteiger partial charge in [-0.05, 0) is 29.8 Å². The lowest BCUT2D eigenvalue weighted by Gasteiger charge is -2.29. The zero-order valence-corrected chi connectivity index (χ0v) is 13.4. The molecule has 0 aromatic heterocycles. The summed E-state index contributed by atoms with van der Waals surface area (Å²) in [4.78, 5) is 2.38. The van der Waals surface area contributed by atoms with Crippen LogP contribution in [0, 0.1) is 0 Å². The molecule has 0 radical (unpaired) electrons. The molecule has 2 aromatic carbocycles. The number of hydrogen-bond acceptors (Lipinski definition) is 3. The molecule has 0 N–H and O–H groups in total. The van der Waals surface area contributed by atoms with Gasteiger partial charge in [0.25, 0.3) is 0 Å². The zero-order valence-electron chi connectivity index (χ0n) is 12.6. The number of methoxy groups -OCH3 is 1. The number of halogens is 1. The monoisotopic (exact) mass is 317 g/mol. The minimum Gasteiger partial charge on any atom is -0.486 e. The lowest BCUT2D eigenvalue weighted by molar-refractivity contribution is 0.0400. The van der Waals surface area contributed by atoms with E-state index < -0.39 is 0 Å². The third kappa shape index (κ3) is 3.80. The average Bonchev–Trinajstić information content (AvgIpc) is 3.35. The summed E-state index contributed by atoms with van der Waals surface area (Å²) in [7, 11) is 1.71. The van der Waals surface area contributed by atoms with Crippen LogP contribution in [0.3, 0.4) is 0 Å². The normalized spacial score (nSPS) is 17.0. The van der Waals surface area contributed by atoms with Crippen molar-refractivity contribution in [2.45, 2.75) is 12.1 Å². The smallest absolute Gasteiger partial charge is 0.141 e. The van der Waals surface area contributed by atoms with Crippen LogP contribution < -0.4 is 4.74 Å². The summed E-state index contributed by atoms with van der Waals surface area (Å²) in [5, 5.41) is 0.751. The first-order valence-corrected chi connectivity index (χ1v) is 7.86. The molecule has 0 spiro atoms. The van der Waals surface area contributed by atoms with Gasteiger partial charge in [0.1, 0.15) is 11.9 Å². The lowest BCUT2D eigenvalue weighted by Crippen LogP contribution is -2.34. The van der Waals surface area contributed by atoms with Crippen LogP contribution in [0.1, 0.15) is 11.6 Å². The fourth-order valence-electron chi connectivity index (χ4n) is 2.68. The van der Waals surface area contributed by atoms with Gasteiger partial charge < -0.3 is 9.47 Å². The summed E-state index contributed by atoms with van der Waals surface area (Å²) in [5.41, 5.74) is 1.21. The number of rotatable bonds is 7. The third-order valence-corrected chi connectivity index (χ3v) is 4.05. The maximum atomic E-state index is 6.20. The second-order valence-electron chi connectivity index (χ2n) is 5.46. The maximum absolute atomic E-state index is 6.20. The highest BCUT2D eigenvalue weighted by molar-refractivity contribution is 6.30. The van der Waals surface area contributed by atoms with Crippen molar-refractivity contribution in [3.05, 3.63) is 65.2 Å². The Bertz CT molecular complexity index is 584. The molecule has 0 saturated carbocycles. The van der Waals surface area contributed by atoms with Crippen LogP contribution in [0.4, 0.5) is 0 Å². The molecule has 3 rings (SSSR count). The van der Waals surface area contributed by atoms with Crippen LogP contribution in [-0.2, 0) is 4.74 Å². The molecule has 1 aliphatic rings. The van der Waals surface area contributed by atoms with Gasteiger partial charge in [0.05, 0.1) is 12.6 Å². The molecule has 2 atom stereocenters. The van der Waals surface area contributed by atoms with Crippen LogP contribution in [0.5, 0.6) is 5.75 Å². The molecule has 0 aliphatic carbocycles. The van der Waals surface area contributed by atoms with E-state index in [4.69, 9.17) is 21.1 Å². The van der Waals surface area contributed by atoms with Crippen molar-refractivity contribution in [3.8, 4) is 5.75 Å². The highest BCUT2D eigenvalue weighted by Gasteiger charge is 2.36. The molecule has 116 valence electrons. The zero-order chi connectivity index (χ0) is 15.4. The first kappa shape index (κ1) is 15.3. The molecule has 0 unspecified atom stereocenters. The molecule has 1 fully saturated rings. The highest BCUT2D eigenvalue weighted by Crippen LogP contribution is 2.33. The molecule has 0 bridgehead atoms. The second kappa shape index (κ2) is 7.14. The van der Waals surface area contributed by atoms with Gasteiger partial charge in [0, 0.05) is 25.2 Å². The summed E-state index contributed by atoms with van der Waals surface area (Å²) < 4.78 is 11.6. The van der Waals surface area contributed by atoms with Crippen molar-refractivity contribution in [2.24, 2.45) is 0 Å². The van der Waals surface area contributed by atoms with E-state index >= 15 is 0 Å². The van der Waals surface area contributed by atoms with Gasteiger partial charge in [-0.3, -0.25) is 4.90 Å². The summed E-state index contributed by atoms with van der Waals surface area (Å²) in [6.45, 7) is 2.72. The fourth-order valence-corrected chi connectivity index (χ4v) is 2.81. The Morgan fingerprint density at radius 2 is 1.73 bits per heavy atom. The molecule has 0 amide bonds. The topological polar surface area (TPSA) is 21.5 Å². The molecule has 22 heavy (non-hydrogen) atoms. The number of benzene rings is 2. The average molecular weight is 318 g/mol. The van der Waals surface area contributed by atoms with E-state index in [1.54, 1.807) is 7.11 Å². The molecule has 2 aromatic rings. The standard InChI is InChI=1S/C18H20ClNO2/c1-21-13-17(22-16-5-3-2-4-6-16)18(20-11-12-20)14-7-9-15(19)10-8-14/h2-10,17-18H,11-13H2,1H3/t17-,18-/m1/s1. The molecular weight excluding hydrogens is 298 g/mol. The van der Waals surface area contributed by atoms with E-state index in [1.165, 1.54) is 5.56 Å². The van der Waals surface area contributed by atoms with Crippen LogP contribution in [0.2, 0.25) is 5.02 Å². The Kier molecular flexibility index (Phi) is 4.98. The lowest BCUT2D eigenvalue weighted by atomic mass is 10.0. The van der Waals surface area contributed by atoms with Gasteiger partial charge in [-0.1, -0.05) is 41.9 Å². The SMILES string of the molecule is COC[C@@H](Oc1ccccc1)[C@@H](c1ccc(Cl)cc1)N1CC1. The van der Waals surface area contributed by atoms with Crippen molar-refractivity contribution < 1.29 is 9.47 Å². The van der Waals surface area contributed by atoms with Gasteiger partial charge in [-0.2, -0.15) is 0 Å².